The number of benzene rings is 1. The zero-order valence-corrected chi connectivity index (χ0v) is 13.0. The van der Waals surface area contributed by atoms with Crippen molar-refractivity contribution in [2.24, 2.45) is 0 Å². The lowest BCUT2D eigenvalue weighted by atomic mass is 10.2. The van der Waals surface area contributed by atoms with Gasteiger partial charge in [-0.25, -0.2) is 0 Å². The average Bonchev–Trinajstić information content (AvgIpc) is 2.94. The number of amides is 1. The van der Waals surface area contributed by atoms with Crippen molar-refractivity contribution in [2.45, 2.75) is 0 Å². The molecule has 0 unspecified atom stereocenters. The first-order valence-corrected chi connectivity index (χ1v) is 7.32. The summed E-state index contributed by atoms with van der Waals surface area (Å²) in [5.41, 5.74) is 1.97. The van der Waals surface area contributed by atoms with Gasteiger partial charge in [0.2, 0.25) is 0 Å². The number of nitrogens with one attached hydrogen (secondary N) is 3. The van der Waals surface area contributed by atoms with Gasteiger partial charge in [-0.15, -0.1) is 0 Å². The summed E-state index contributed by atoms with van der Waals surface area (Å²) in [5, 5.41) is 2.84. The molecule has 0 radical (unpaired) electrons. The van der Waals surface area contributed by atoms with Gasteiger partial charge in [-0.3, -0.25) is 9.36 Å². The number of rotatable bonds is 3. The van der Waals surface area contributed by atoms with Crippen LogP contribution in [0.1, 0.15) is 10.4 Å². The quantitative estimate of drug-likeness (QED) is 0.640. The fourth-order valence-corrected chi connectivity index (χ4v) is 2.52. The van der Waals surface area contributed by atoms with Crippen LogP contribution in [0, 0.1) is 9.41 Å². The van der Waals surface area contributed by atoms with Gasteiger partial charge in [0.1, 0.15) is 4.64 Å². The van der Waals surface area contributed by atoms with Crippen molar-refractivity contribution in [1.29, 1.82) is 0 Å². The van der Waals surface area contributed by atoms with E-state index in [0.717, 1.165) is 5.69 Å². The van der Waals surface area contributed by atoms with E-state index < -0.39 is 0 Å². The van der Waals surface area contributed by atoms with Crippen molar-refractivity contribution in [3.63, 3.8) is 0 Å². The molecule has 0 bridgehead atoms. The van der Waals surface area contributed by atoms with E-state index in [1.165, 1.54) is 0 Å². The lowest BCUT2D eigenvalue weighted by Crippen LogP contribution is -2.13. The van der Waals surface area contributed by atoms with Gasteiger partial charge in [-0.2, -0.15) is 0 Å². The molecule has 3 rings (SSSR count). The third-order valence-corrected chi connectivity index (χ3v) is 3.75. The minimum absolute atomic E-state index is 0.253. The molecule has 2 aromatic heterocycles. The van der Waals surface area contributed by atoms with Crippen molar-refractivity contribution in [3.8, 4) is 5.69 Å². The Bertz CT molecular complexity index is 938. The predicted octanol–water partition coefficient (Wildman–Crippen LogP) is 3.84. The lowest BCUT2D eigenvalue weighted by Gasteiger charge is -2.08. The second-order valence-electron chi connectivity index (χ2n) is 4.55. The van der Waals surface area contributed by atoms with Crippen molar-refractivity contribution in [2.75, 3.05) is 5.32 Å². The number of hydrogen-bond acceptors (Lipinski definition) is 3. The van der Waals surface area contributed by atoms with Gasteiger partial charge in [0.05, 0.1) is 5.56 Å². The zero-order chi connectivity index (χ0) is 15.5. The first kappa shape index (κ1) is 14.4. The monoisotopic (exact) mass is 328 g/mol. The maximum atomic E-state index is 12.3. The van der Waals surface area contributed by atoms with E-state index in [2.05, 4.69) is 15.3 Å². The molecule has 5 nitrogen and oxygen atoms in total. The lowest BCUT2D eigenvalue weighted by molar-refractivity contribution is 0.102. The third kappa shape index (κ3) is 2.90. The van der Waals surface area contributed by atoms with Crippen LogP contribution in [-0.2, 0) is 0 Å². The Labute approximate surface area is 136 Å². The number of pyridine rings is 1. The molecule has 3 aromatic rings. The Morgan fingerprint density at radius 2 is 1.95 bits per heavy atom. The van der Waals surface area contributed by atoms with Gasteiger partial charge in [0, 0.05) is 30.0 Å². The fourth-order valence-electron chi connectivity index (χ4n) is 2.06. The van der Waals surface area contributed by atoms with Gasteiger partial charge < -0.3 is 15.3 Å². The van der Waals surface area contributed by atoms with Gasteiger partial charge in [0.25, 0.3) is 5.91 Å². The molecule has 7 heteroatoms. The van der Waals surface area contributed by atoms with Crippen molar-refractivity contribution < 1.29 is 4.79 Å². The summed E-state index contributed by atoms with van der Waals surface area (Å²) in [7, 11) is 0. The van der Waals surface area contributed by atoms with E-state index in [-0.39, 0.29) is 5.91 Å². The number of anilines is 1. The maximum absolute atomic E-state index is 12.3. The van der Waals surface area contributed by atoms with Crippen LogP contribution in [0.2, 0.25) is 0 Å². The number of carbonyl (C=O) groups excluding carboxylic acids is 1. The molecule has 1 amide bonds. The standard InChI is InChI=1S/C15H12N4OS2/c20-13(12-5-2-6-16-14(12)21)18-10-3-1-4-11(9-10)19-8-7-17-15(19)22/h1-9H,(H,16,21)(H,17,22)(H,18,20). The Morgan fingerprint density at radius 3 is 2.68 bits per heavy atom. The van der Waals surface area contributed by atoms with Crippen LogP contribution in [-0.4, -0.2) is 20.4 Å². The molecule has 0 aliphatic rings. The Hall–Kier alpha value is -2.51. The number of aromatic nitrogens is 3. The van der Waals surface area contributed by atoms with Gasteiger partial charge in [-0.1, -0.05) is 18.3 Å². The highest BCUT2D eigenvalue weighted by atomic mass is 32.1. The van der Waals surface area contributed by atoms with Crippen LogP contribution in [0.3, 0.4) is 0 Å². The number of carbonyl (C=O) groups is 1. The van der Waals surface area contributed by atoms with E-state index in [4.69, 9.17) is 24.4 Å². The summed E-state index contributed by atoms with van der Waals surface area (Å²) in [6, 6.07) is 10.8. The number of hydrogen-bond donors (Lipinski definition) is 3. The molecule has 1 aromatic carbocycles. The summed E-state index contributed by atoms with van der Waals surface area (Å²) in [5.74, 6) is -0.253. The molecule has 0 fully saturated rings. The van der Waals surface area contributed by atoms with Crippen LogP contribution in [0.25, 0.3) is 5.69 Å². The summed E-state index contributed by atoms with van der Waals surface area (Å²) < 4.78 is 2.82. The van der Waals surface area contributed by atoms with Crippen LogP contribution in [0.4, 0.5) is 5.69 Å². The minimum Gasteiger partial charge on any atom is -0.352 e. The van der Waals surface area contributed by atoms with E-state index in [1.807, 2.05) is 35.0 Å². The SMILES string of the molecule is O=C(Nc1cccc(-n2cc[nH]c2=S)c1)c1ccc[nH]c1=S. The molecular weight excluding hydrogens is 316 g/mol. The molecule has 0 atom stereocenters. The molecule has 2 heterocycles. The third-order valence-electron chi connectivity index (χ3n) is 3.09. The number of nitrogens with zero attached hydrogens (tertiary/aromatic N) is 1. The van der Waals surface area contributed by atoms with E-state index >= 15 is 0 Å². The van der Waals surface area contributed by atoms with Gasteiger partial charge in [-0.05, 0) is 42.5 Å². The molecule has 22 heavy (non-hydrogen) atoms. The highest BCUT2D eigenvalue weighted by molar-refractivity contribution is 7.71. The molecule has 0 saturated heterocycles. The molecular formula is C15H12N4OS2. The molecule has 0 spiro atoms. The summed E-state index contributed by atoms with van der Waals surface area (Å²) in [4.78, 5) is 18.0. The largest absolute Gasteiger partial charge is 0.352 e. The molecule has 110 valence electrons. The smallest absolute Gasteiger partial charge is 0.258 e. The van der Waals surface area contributed by atoms with Gasteiger partial charge >= 0.3 is 0 Å². The van der Waals surface area contributed by atoms with E-state index in [0.29, 0.717) is 20.7 Å². The minimum atomic E-state index is -0.253. The summed E-state index contributed by atoms with van der Waals surface area (Å²) in [6.45, 7) is 0. The van der Waals surface area contributed by atoms with Crippen LogP contribution in [0.15, 0.2) is 55.0 Å². The highest BCUT2D eigenvalue weighted by Gasteiger charge is 2.08. The second-order valence-corrected chi connectivity index (χ2v) is 5.35. The highest BCUT2D eigenvalue weighted by Crippen LogP contribution is 2.16. The molecule has 3 N–H and O–H groups in total. The number of H-pyrrole nitrogens is 2. The zero-order valence-electron chi connectivity index (χ0n) is 11.4. The molecule has 0 aliphatic heterocycles. The van der Waals surface area contributed by atoms with E-state index in [9.17, 15) is 4.79 Å². The van der Waals surface area contributed by atoms with Crippen LogP contribution in [0.5, 0.6) is 0 Å². The van der Waals surface area contributed by atoms with Crippen molar-refractivity contribution in [1.82, 2.24) is 14.5 Å². The predicted molar refractivity (Wildman–Crippen MR) is 90.5 cm³/mol. The van der Waals surface area contributed by atoms with Crippen molar-refractivity contribution >= 4 is 36.0 Å². The maximum Gasteiger partial charge on any atom is 0.258 e. The van der Waals surface area contributed by atoms with Crippen molar-refractivity contribution in [3.05, 3.63) is 70.0 Å². The Kier molecular flexibility index (Phi) is 3.99. The average molecular weight is 328 g/mol. The Balaban J connectivity index is 1.89. The first-order valence-electron chi connectivity index (χ1n) is 6.51. The van der Waals surface area contributed by atoms with Crippen LogP contribution < -0.4 is 5.32 Å². The van der Waals surface area contributed by atoms with Gasteiger partial charge in [0.15, 0.2) is 4.77 Å². The fraction of sp³-hybridized carbons (Fsp3) is 0. The summed E-state index contributed by atoms with van der Waals surface area (Å²) in [6.07, 6.45) is 5.28. The van der Waals surface area contributed by atoms with Crippen LogP contribution >= 0.6 is 24.4 Å². The number of aromatic amines is 2. The molecule has 0 saturated carbocycles. The van der Waals surface area contributed by atoms with E-state index in [1.54, 1.807) is 24.5 Å². The Morgan fingerprint density at radius 1 is 1.09 bits per heavy atom. The number of imidazole rings is 1. The normalized spacial score (nSPS) is 10.4. The molecule has 0 aliphatic carbocycles. The topological polar surface area (TPSA) is 65.6 Å². The first-order chi connectivity index (χ1) is 10.6. The summed E-state index contributed by atoms with van der Waals surface area (Å²) >= 11 is 10.3. The second kappa shape index (κ2) is 6.08.